The molecule has 2 nitrogen and oxygen atoms in total. The Kier molecular flexibility index (Phi) is 4.23. The van der Waals surface area contributed by atoms with Crippen LogP contribution in [0.5, 0.6) is 5.75 Å². The van der Waals surface area contributed by atoms with Gasteiger partial charge in [-0.2, -0.15) is 8.78 Å². The van der Waals surface area contributed by atoms with Gasteiger partial charge in [0.1, 0.15) is 5.69 Å². The van der Waals surface area contributed by atoms with E-state index in [0.717, 1.165) is 11.3 Å². The minimum absolute atomic E-state index is 0.0766. The van der Waals surface area contributed by atoms with E-state index in [1.54, 1.807) is 25.1 Å². The second-order valence-corrected chi connectivity index (χ2v) is 3.96. The van der Waals surface area contributed by atoms with Gasteiger partial charge in [0.2, 0.25) is 0 Å². The van der Waals surface area contributed by atoms with Crippen LogP contribution in [0.2, 0.25) is 0 Å². The van der Waals surface area contributed by atoms with Crippen molar-refractivity contribution in [3.63, 3.8) is 0 Å². The Morgan fingerprint density at radius 1 is 1.05 bits per heavy atom. The number of pyridine rings is 1. The van der Waals surface area contributed by atoms with Crippen LogP contribution >= 0.6 is 0 Å². The molecule has 2 aromatic rings. The van der Waals surface area contributed by atoms with Crippen molar-refractivity contribution < 1.29 is 13.5 Å². The van der Waals surface area contributed by atoms with E-state index >= 15 is 0 Å². The fourth-order valence-electron chi connectivity index (χ4n) is 1.62. The van der Waals surface area contributed by atoms with Gasteiger partial charge in [0.25, 0.3) is 0 Å². The van der Waals surface area contributed by atoms with Crippen molar-refractivity contribution in [2.75, 3.05) is 0 Å². The third kappa shape index (κ3) is 3.88. The van der Waals surface area contributed by atoms with Crippen molar-refractivity contribution in [1.82, 2.24) is 4.98 Å². The molecule has 0 unspecified atom stereocenters. The van der Waals surface area contributed by atoms with Crippen LogP contribution in [0.25, 0.3) is 12.2 Å². The number of benzene rings is 1. The molecule has 0 aliphatic carbocycles. The van der Waals surface area contributed by atoms with Gasteiger partial charge in [0, 0.05) is 5.69 Å². The second-order valence-electron chi connectivity index (χ2n) is 3.96. The summed E-state index contributed by atoms with van der Waals surface area (Å²) in [5.74, 6) is 0.0766. The number of aromatic nitrogens is 1. The van der Waals surface area contributed by atoms with Gasteiger partial charge in [-0.3, -0.25) is 0 Å². The maximum absolute atomic E-state index is 12.3. The van der Waals surface area contributed by atoms with Crippen LogP contribution in [0.1, 0.15) is 17.0 Å². The number of hydrogen-bond acceptors (Lipinski definition) is 2. The lowest BCUT2D eigenvalue weighted by Crippen LogP contribution is -2.04. The molecule has 1 heterocycles. The number of hydrogen-bond donors (Lipinski definition) is 0. The summed E-state index contributed by atoms with van der Waals surface area (Å²) in [5, 5.41) is 0. The molecule has 0 saturated heterocycles. The summed E-state index contributed by atoms with van der Waals surface area (Å²) in [4.78, 5) is 4.20. The first-order valence-electron chi connectivity index (χ1n) is 5.81. The molecule has 0 N–H and O–H groups in total. The fourth-order valence-corrected chi connectivity index (χ4v) is 1.62. The molecule has 2 rings (SSSR count). The van der Waals surface area contributed by atoms with Crippen molar-refractivity contribution in [1.29, 1.82) is 0 Å². The molecule has 1 aromatic heterocycles. The largest absolute Gasteiger partial charge is 0.433 e. The number of halogens is 2. The van der Waals surface area contributed by atoms with Gasteiger partial charge >= 0.3 is 6.61 Å². The number of rotatable bonds is 4. The van der Waals surface area contributed by atoms with E-state index in [1.165, 1.54) is 6.07 Å². The van der Waals surface area contributed by atoms with Gasteiger partial charge in [-0.15, -0.1) is 0 Å². The highest BCUT2D eigenvalue weighted by molar-refractivity contribution is 5.70. The van der Waals surface area contributed by atoms with Gasteiger partial charge in [-0.1, -0.05) is 36.4 Å². The van der Waals surface area contributed by atoms with Gasteiger partial charge in [-0.25, -0.2) is 4.98 Å². The summed E-state index contributed by atoms with van der Waals surface area (Å²) in [7, 11) is 0. The van der Waals surface area contributed by atoms with Gasteiger partial charge < -0.3 is 4.74 Å². The van der Waals surface area contributed by atoms with Crippen LogP contribution in [-0.2, 0) is 0 Å². The molecule has 4 heteroatoms. The smallest absolute Gasteiger partial charge is 0.387 e. The van der Waals surface area contributed by atoms with Gasteiger partial charge in [-0.05, 0) is 30.7 Å². The molecule has 1 aromatic carbocycles. The average molecular weight is 261 g/mol. The summed E-state index contributed by atoms with van der Waals surface area (Å²) in [6.07, 6.45) is 3.47. The molecule has 0 radical (unpaired) electrons. The highest BCUT2D eigenvalue weighted by Gasteiger charge is 2.09. The first-order chi connectivity index (χ1) is 9.15. The normalized spacial score (nSPS) is 11.2. The summed E-state index contributed by atoms with van der Waals surface area (Å²) in [6, 6.07) is 12.7. The van der Waals surface area contributed by atoms with E-state index in [4.69, 9.17) is 0 Å². The predicted molar refractivity (Wildman–Crippen MR) is 71.0 cm³/mol. The topological polar surface area (TPSA) is 22.1 Å². The summed E-state index contributed by atoms with van der Waals surface area (Å²) in [5.41, 5.74) is 2.10. The summed E-state index contributed by atoms with van der Waals surface area (Å²) in [6.45, 7) is -1.06. The Bertz CT molecular complexity index is 568. The Morgan fingerprint density at radius 3 is 2.47 bits per heavy atom. The minimum Gasteiger partial charge on any atom is -0.433 e. The van der Waals surface area contributed by atoms with Crippen molar-refractivity contribution >= 4 is 12.2 Å². The van der Waals surface area contributed by atoms with Crippen LogP contribution in [0.3, 0.4) is 0 Å². The zero-order valence-corrected chi connectivity index (χ0v) is 10.4. The highest BCUT2D eigenvalue weighted by atomic mass is 19.3. The van der Waals surface area contributed by atoms with Crippen LogP contribution in [-0.4, -0.2) is 11.6 Å². The number of ether oxygens (including phenoxy) is 1. The maximum Gasteiger partial charge on any atom is 0.387 e. The Morgan fingerprint density at radius 2 is 1.79 bits per heavy atom. The van der Waals surface area contributed by atoms with E-state index in [2.05, 4.69) is 9.72 Å². The van der Waals surface area contributed by atoms with Gasteiger partial charge in [0.05, 0.1) is 0 Å². The molecule has 0 spiro atoms. The van der Waals surface area contributed by atoms with Crippen molar-refractivity contribution in [2.45, 2.75) is 13.5 Å². The molecular formula is C15H13F2NO. The minimum atomic E-state index is -2.85. The summed E-state index contributed by atoms with van der Waals surface area (Å²) < 4.78 is 29.0. The van der Waals surface area contributed by atoms with Crippen molar-refractivity contribution in [3.05, 3.63) is 59.4 Å². The third-order valence-corrected chi connectivity index (χ3v) is 2.47. The summed E-state index contributed by atoms with van der Waals surface area (Å²) >= 11 is 0. The molecule has 0 atom stereocenters. The monoisotopic (exact) mass is 261 g/mol. The molecule has 19 heavy (non-hydrogen) atoms. The maximum atomic E-state index is 12.3. The molecular weight excluding hydrogens is 248 g/mol. The molecule has 0 saturated carbocycles. The lowest BCUT2D eigenvalue weighted by Gasteiger charge is -2.07. The first kappa shape index (κ1) is 13.2. The Balaban J connectivity index is 2.28. The molecule has 0 aliphatic rings. The van der Waals surface area contributed by atoms with E-state index in [1.807, 2.05) is 30.3 Å². The lowest BCUT2D eigenvalue weighted by molar-refractivity contribution is -0.0502. The third-order valence-electron chi connectivity index (χ3n) is 2.47. The first-order valence-corrected chi connectivity index (χ1v) is 5.81. The number of nitrogens with zero attached hydrogens (tertiary/aromatic N) is 1. The highest BCUT2D eigenvalue weighted by Crippen LogP contribution is 2.21. The quantitative estimate of drug-likeness (QED) is 0.824. The number of aryl methyl sites for hydroxylation is 1. The zero-order valence-electron chi connectivity index (χ0n) is 10.4. The van der Waals surface area contributed by atoms with Crippen molar-refractivity contribution in [2.24, 2.45) is 0 Å². The van der Waals surface area contributed by atoms with Crippen LogP contribution in [0, 0.1) is 6.92 Å². The van der Waals surface area contributed by atoms with E-state index in [9.17, 15) is 8.78 Å². The fraction of sp³-hybridized carbons (Fsp3) is 0.133. The molecule has 0 bridgehead atoms. The van der Waals surface area contributed by atoms with E-state index in [0.29, 0.717) is 5.69 Å². The zero-order chi connectivity index (χ0) is 13.7. The number of alkyl halides is 2. The lowest BCUT2D eigenvalue weighted by atomic mass is 10.2. The Labute approximate surface area is 110 Å². The Hall–Kier alpha value is -2.23. The molecule has 0 aliphatic heterocycles. The predicted octanol–water partition coefficient (Wildman–Crippen LogP) is 4.16. The molecule has 0 amide bonds. The molecule has 0 fully saturated rings. The molecule has 98 valence electrons. The second kappa shape index (κ2) is 6.09. The van der Waals surface area contributed by atoms with Crippen molar-refractivity contribution in [3.8, 4) is 5.75 Å². The van der Waals surface area contributed by atoms with Crippen LogP contribution < -0.4 is 4.74 Å². The average Bonchev–Trinajstić information content (AvgIpc) is 2.40. The van der Waals surface area contributed by atoms with E-state index in [-0.39, 0.29) is 5.75 Å². The van der Waals surface area contributed by atoms with E-state index < -0.39 is 6.61 Å². The van der Waals surface area contributed by atoms with Gasteiger partial charge in [0.15, 0.2) is 5.75 Å². The van der Waals surface area contributed by atoms with Crippen LogP contribution in [0.4, 0.5) is 8.78 Å². The SMILES string of the molecule is Cc1ccc(OC(F)F)c(C=Cc2ccccc2)n1. The van der Waals surface area contributed by atoms with Crippen LogP contribution in [0.15, 0.2) is 42.5 Å². The standard InChI is InChI=1S/C15H13F2NO/c1-11-7-10-14(19-15(16)17)13(18-11)9-8-12-5-3-2-4-6-12/h2-10,15H,1H3.